The first-order valence-electron chi connectivity index (χ1n) is 7.82. The summed E-state index contributed by atoms with van der Waals surface area (Å²) in [6.45, 7) is -2.04. The minimum absolute atomic E-state index is 0.105. The standard InChI is InChI=1S/C16H19F2N3OS/c17-16(18)21-10-8-14(19-21)15(22)20-9-2-1-4-12(20)6-7-13-5-3-11-23-13/h3,5,8,10-12,16H,1-2,4,6-7,9H2. The average molecular weight is 339 g/mol. The van der Waals surface area contributed by atoms with Crippen molar-refractivity contribution < 1.29 is 13.6 Å². The number of hydrogen-bond acceptors (Lipinski definition) is 3. The summed E-state index contributed by atoms with van der Waals surface area (Å²) in [6.07, 6.45) is 6.02. The molecular formula is C16H19F2N3OS. The summed E-state index contributed by atoms with van der Waals surface area (Å²) in [5.74, 6) is -0.236. The van der Waals surface area contributed by atoms with Crippen molar-refractivity contribution >= 4 is 17.2 Å². The highest BCUT2D eigenvalue weighted by atomic mass is 32.1. The molecule has 1 aliphatic heterocycles. The molecule has 1 atom stereocenters. The van der Waals surface area contributed by atoms with Gasteiger partial charge in [-0.15, -0.1) is 11.3 Å². The van der Waals surface area contributed by atoms with Gasteiger partial charge in [0.25, 0.3) is 5.91 Å². The Morgan fingerprint density at radius 2 is 2.26 bits per heavy atom. The molecule has 4 nitrogen and oxygen atoms in total. The van der Waals surface area contributed by atoms with E-state index in [2.05, 4.69) is 16.5 Å². The average Bonchev–Trinajstić information content (AvgIpc) is 3.24. The molecule has 2 aromatic heterocycles. The van der Waals surface area contributed by atoms with Gasteiger partial charge >= 0.3 is 6.55 Å². The van der Waals surface area contributed by atoms with Crippen molar-refractivity contribution in [2.45, 2.75) is 44.7 Å². The summed E-state index contributed by atoms with van der Waals surface area (Å²) < 4.78 is 25.8. The largest absolute Gasteiger partial charge is 0.334 e. The van der Waals surface area contributed by atoms with Gasteiger partial charge in [-0.2, -0.15) is 13.9 Å². The second kappa shape index (κ2) is 7.21. The Kier molecular flexibility index (Phi) is 5.05. The molecule has 0 aromatic carbocycles. The first-order chi connectivity index (χ1) is 11.1. The molecule has 3 heterocycles. The van der Waals surface area contributed by atoms with E-state index in [1.54, 1.807) is 11.3 Å². The van der Waals surface area contributed by atoms with E-state index in [4.69, 9.17) is 0 Å². The Hall–Kier alpha value is -1.76. The molecule has 0 aliphatic carbocycles. The van der Waals surface area contributed by atoms with Crippen molar-refractivity contribution in [3.8, 4) is 0 Å². The summed E-state index contributed by atoms with van der Waals surface area (Å²) in [7, 11) is 0. The van der Waals surface area contributed by atoms with E-state index in [0.717, 1.165) is 38.3 Å². The van der Waals surface area contributed by atoms with Crippen LogP contribution in [0.2, 0.25) is 0 Å². The minimum Gasteiger partial charge on any atom is -0.334 e. The summed E-state index contributed by atoms with van der Waals surface area (Å²) >= 11 is 1.72. The van der Waals surface area contributed by atoms with Gasteiger partial charge in [-0.05, 0) is 49.6 Å². The van der Waals surface area contributed by atoms with E-state index in [0.29, 0.717) is 11.2 Å². The zero-order valence-corrected chi connectivity index (χ0v) is 13.5. The number of rotatable bonds is 5. The predicted molar refractivity (Wildman–Crippen MR) is 84.8 cm³/mol. The van der Waals surface area contributed by atoms with E-state index >= 15 is 0 Å². The molecule has 2 aromatic rings. The van der Waals surface area contributed by atoms with Crippen LogP contribution in [0.15, 0.2) is 29.8 Å². The number of piperidine rings is 1. The number of amides is 1. The van der Waals surface area contributed by atoms with Crippen molar-refractivity contribution in [2.24, 2.45) is 0 Å². The molecule has 0 bridgehead atoms. The number of hydrogen-bond donors (Lipinski definition) is 0. The molecule has 1 unspecified atom stereocenters. The van der Waals surface area contributed by atoms with Crippen molar-refractivity contribution in [1.29, 1.82) is 0 Å². The molecule has 1 fully saturated rings. The van der Waals surface area contributed by atoms with E-state index in [1.165, 1.54) is 10.9 Å². The van der Waals surface area contributed by atoms with Gasteiger partial charge in [-0.3, -0.25) is 4.79 Å². The summed E-state index contributed by atoms with van der Waals surface area (Å²) in [4.78, 5) is 15.7. The maximum Gasteiger partial charge on any atom is 0.333 e. The lowest BCUT2D eigenvalue weighted by molar-refractivity contribution is 0.0524. The van der Waals surface area contributed by atoms with Gasteiger partial charge in [0.1, 0.15) is 0 Å². The highest BCUT2D eigenvalue weighted by molar-refractivity contribution is 7.09. The van der Waals surface area contributed by atoms with Gasteiger partial charge < -0.3 is 4.90 Å². The molecular weight excluding hydrogens is 320 g/mol. The van der Waals surface area contributed by atoms with Crippen molar-refractivity contribution in [2.75, 3.05) is 6.54 Å². The van der Waals surface area contributed by atoms with Gasteiger partial charge in [-0.25, -0.2) is 4.68 Å². The van der Waals surface area contributed by atoms with Crippen molar-refractivity contribution in [1.82, 2.24) is 14.7 Å². The summed E-state index contributed by atoms with van der Waals surface area (Å²) in [6, 6.07) is 5.67. The Balaban J connectivity index is 1.68. The first kappa shape index (κ1) is 16.1. The number of alkyl halides is 2. The number of nitrogens with zero attached hydrogens (tertiary/aromatic N) is 3. The molecule has 124 valence electrons. The van der Waals surface area contributed by atoms with E-state index in [-0.39, 0.29) is 17.6 Å². The van der Waals surface area contributed by atoms with Crippen molar-refractivity contribution in [3.63, 3.8) is 0 Å². The maximum atomic E-state index is 12.6. The lowest BCUT2D eigenvalue weighted by Gasteiger charge is -2.35. The Morgan fingerprint density at radius 3 is 2.96 bits per heavy atom. The third kappa shape index (κ3) is 3.77. The number of halogens is 2. The fourth-order valence-corrected chi connectivity index (χ4v) is 3.76. The SMILES string of the molecule is O=C(c1ccn(C(F)F)n1)N1CCCCC1CCc1cccs1. The quantitative estimate of drug-likeness (QED) is 0.827. The number of carbonyl (C=O) groups excluding carboxylic acids is 1. The highest BCUT2D eigenvalue weighted by Gasteiger charge is 2.28. The van der Waals surface area contributed by atoms with E-state index in [9.17, 15) is 13.6 Å². The smallest absolute Gasteiger partial charge is 0.333 e. The maximum absolute atomic E-state index is 12.6. The molecule has 7 heteroatoms. The molecule has 3 rings (SSSR count). The molecule has 0 spiro atoms. The fourth-order valence-electron chi connectivity index (χ4n) is 3.04. The number of likely N-dealkylation sites (tertiary alicyclic amines) is 1. The van der Waals surface area contributed by atoms with Crippen LogP contribution >= 0.6 is 11.3 Å². The lowest BCUT2D eigenvalue weighted by atomic mass is 9.97. The monoisotopic (exact) mass is 339 g/mol. The minimum atomic E-state index is -2.72. The Morgan fingerprint density at radius 1 is 1.39 bits per heavy atom. The van der Waals surface area contributed by atoms with Crippen molar-refractivity contribution in [3.05, 3.63) is 40.3 Å². The van der Waals surface area contributed by atoms with Crippen LogP contribution in [-0.4, -0.2) is 33.2 Å². The second-order valence-corrected chi connectivity index (χ2v) is 6.76. The molecule has 1 amide bonds. The molecule has 1 saturated heterocycles. The second-order valence-electron chi connectivity index (χ2n) is 5.72. The van der Waals surface area contributed by atoms with Crippen LogP contribution in [-0.2, 0) is 6.42 Å². The zero-order chi connectivity index (χ0) is 16.2. The van der Waals surface area contributed by atoms with E-state index in [1.807, 2.05) is 11.0 Å². The van der Waals surface area contributed by atoms with E-state index < -0.39 is 6.55 Å². The molecule has 0 N–H and O–H groups in total. The van der Waals surface area contributed by atoms with Crippen LogP contribution in [0.3, 0.4) is 0 Å². The van der Waals surface area contributed by atoms with Gasteiger partial charge in [0.2, 0.25) is 0 Å². The molecule has 23 heavy (non-hydrogen) atoms. The number of aromatic nitrogens is 2. The molecule has 1 aliphatic rings. The Labute approximate surface area is 137 Å². The normalized spacial score (nSPS) is 18.6. The summed E-state index contributed by atoms with van der Waals surface area (Å²) in [5.41, 5.74) is 0.105. The van der Waals surface area contributed by atoms with Crippen LogP contribution in [0.4, 0.5) is 8.78 Å². The third-order valence-corrected chi connectivity index (χ3v) is 5.16. The van der Waals surface area contributed by atoms with Crippen LogP contribution in [0, 0.1) is 0 Å². The predicted octanol–water partition coefficient (Wildman–Crippen LogP) is 3.97. The number of aryl methyl sites for hydroxylation is 1. The molecule has 0 saturated carbocycles. The lowest BCUT2D eigenvalue weighted by Crippen LogP contribution is -2.44. The first-order valence-corrected chi connectivity index (χ1v) is 8.70. The van der Waals surface area contributed by atoms with Gasteiger partial charge in [-0.1, -0.05) is 6.07 Å². The van der Waals surface area contributed by atoms with Gasteiger partial charge in [0.15, 0.2) is 5.69 Å². The topological polar surface area (TPSA) is 38.1 Å². The number of thiophene rings is 1. The third-order valence-electron chi connectivity index (χ3n) is 4.22. The Bertz CT molecular complexity index is 642. The fraction of sp³-hybridized carbons (Fsp3) is 0.500. The number of carbonyl (C=O) groups is 1. The zero-order valence-electron chi connectivity index (χ0n) is 12.7. The highest BCUT2D eigenvalue weighted by Crippen LogP contribution is 2.24. The van der Waals surface area contributed by atoms with Crippen LogP contribution in [0.25, 0.3) is 0 Å². The molecule has 0 radical (unpaired) electrons. The van der Waals surface area contributed by atoms with Crippen LogP contribution in [0.5, 0.6) is 0 Å². The van der Waals surface area contributed by atoms with Gasteiger partial charge in [0.05, 0.1) is 0 Å². The van der Waals surface area contributed by atoms with Crippen LogP contribution < -0.4 is 0 Å². The summed E-state index contributed by atoms with van der Waals surface area (Å²) in [5, 5.41) is 5.76. The van der Waals surface area contributed by atoms with Gasteiger partial charge in [0, 0.05) is 23.7 Å². The van der Waals surface area contributed by atoms with Crippen LogP contribution in [0.1, 0.15) is 47.6 Å².